The summed E-state index contributed by atoms with van der Waals surface area (Å²) in [7, 11) is 1.29. The van der Waals surface area contributed by atoms with Crippen molar-refractivity contribution in [1.29, 1.82) is 0 Å². The van der Waals surface area contributed by atoms with Gasteiger partial charge < -0.3 is 30.3 Å². The van der Waals surface area contributed by atoms with E-state index >= 15 is 0 Å². The zero-order chi connectivity index (χ0) is 36.5. The van der Waals surface area contributed by atoms with Crippen molar-refractivity contribution in [3.63, 3.8) is 0 Å². The van der Waals surface area contributed by atoms with Gasteiger partial charge in [0.2, 0.25) is 11.8 Å². The molecule has 1 aliphatic rings. The van der Waals surface area contributed by atoms with Gasteiger partial charge in [-0.3, -0.25) is 19.2 Å². The third kappa shape index (κ3) is 9.44. The van der Waals surface area contributed by atoms with Crippen molar-refractivity contribution in [2.75, 3.05) is 30.9 Å². The number of ether oxygens (including phenoxy) is 2. The SMILES string of the molecule is CCOc1ccc(/C=C(/NC(=O)c2ccccc2)C(=O)Nc2cccc(SC(C)C(=O)Nc3sc4c(c3C(=O)OC)CCN(C(C)=O)C4)c2)cc1. The molecule has 1 aromatic heterocycles. The topological polar surface area (TPSA) is 143 Å². The maximum Gasteiger partial charge on any atom is 0.341 e. The Kier molecular flexibility index (Phi) is 12.3. The van der Waals surface area contributed by atoms with E-state index in [0.29, 0.717) is 64.1 Å². The molecule has 0 aliphatic carbocycles. The molecule has 0 spiro atoms. The van der Waals surface area contributed by atoms with E-state index in [1.807, 2.05) is 13.0 Å². The van der Waals surface area contributed by atoms with Crippen molar-refractivity contribution in [3.8, 4) is 5.75 Å². The van der Waals surface area contributed by atoms with Crippen LogP contribution < -0.4 is 20.7 Å². The minimum absolute atomic E-state index is 0.0327. The van der Waals surface area contributed by atoms with Gasteiger partial charge in [0.25, 0.3) is 11.8 Å². The van der Waals surface area contributed by atoms with E-state index in [4.69, 9.17) is 9.47 Å². The van der Waals surface area contributed by atoms with Crippen molar-refractivity contribution in [2.45, 2.75) is 43.9 Å². The van der Waals surface area contributed by atoms with E-state index < -0.39 is 23.0 Å². The Balaban J connectivity index is 1.30. The summed E-state index contributed by atoms with van der Waals surface area (Å²) in [6.45, 7) is 6.50. The Bertz CT molecular complexity index is 1960. The molecule has 0 fully saturated rings. The van der Waals surface area contributed by atoms with Gasteiger partial charge in [0, 0.05) is 34.5 Å². The molecule has 3 aromatic carbocycles. The van der Waals surface area contributed by atoms with Gasteiger partial charge in [0.1, 0.15) is 16.4 Å². The van der Waals surface area contributed by atoms with Crippen LogP contribution >= 0.6 is 23.1 Å². The number of amides is 4. The molecule has 264 valence electrons. The summed E-state index contributed by atoms with van der Waals surface area (Å²) in [6.07, 6.45) is 2.07. The number of nitrogens with one attached hydrogen (secondary N) is 3. The van der Waals surface area contributed by atoms with Crippen molar-refractivity contribution >= 4 is 69.5 Å². The number of anilines is 2. The molecule has 1 atom stereocenters. The Morgan fingerprint density at radius 3 is 2.41 bits per heavy atom. The number of thiophene rings is 1. The monoisotopic (exact) mass is 726 g/mol. The quantitative estimate of drug-likeness (QED) is 0.0869. The number of rotatable bonds is 12. The van der Waals surface area contributed by atoms with E-state index in [1.54, 1.807) is 90.7 Å². The molecule has 4 amide bonds. The van der Waals surface area contributed by atoms with Gasteiger partial charge in [-0.25, -0.2) is 4.79 Å². The largest absolute Gasteiger partial charge is 0.494 e. The number of benzene rings is 3. The maximum atomic E-state index is 13.6. The van der Waals surface area contributed by atoms with Crippen molar-refractivity contribution in [3.05, 3.63) is 112 Å². The summed E-state index contributed by atoms with van der Waals surface area (Å²) in [6, 6.07) is 22.8. The lowest BCUT2D eigenvalue weighted by Crippen LogP contribution is -2.33. The van der Waals surface area contributed by atoms with Crippen LogP contribution in [0.3, 0.4) is 0 Å². The minimum atomic E-state index is -0.588. The van der Waals surface area contributed by atoms with Crippen LogP contribution in [-0.2, 0) is 32.1 Å². The van der Waals surface area contributed by atoms with Crippen LogP contribution in [0.1, 0.15) is 57.5 Å². The lowest BCUT2D eigenvalue weighted by molar-refractivity contribution is -0.129. The van der Waals surface area contributed by atoms with Crippen LogP contribution in [0.25, 0.3) is 6.08 Å². The summed E-state index contributed by atoms with van der Waals surface area (Å²) < 4.78 is 10.5. The number of carbonyl (C=O) groups is 5. The molecule has 0 saturated carbocycles. The Labute approximate surface area is 304 Å². The number of fused-ring (bicyclic) bond motifs is 1. The Hall–Kier alpha value is -5.40. The Morgan fingerprint density at radius 2 is 1.73 bits per heavy atom. The van der Waals surface area contributed by atoms with Gasteiger partial charge in [-0.15, -0.1) is 23.1 Å². The molecule has 11 nitrogen and oxygen atoms in total. The highest BCUT2D eigenvalue weighted by atomic mass is 32.2. The third-order valence-electron chi connectivity index (χ3n) is 7.93. The van der Waals surface area contributed by atoms with Crippen LogP contribution in [0, 0.1) is 0 Å². The lowest BCUT2D eigenvalue weighted by Gasteiger charge is -2.25. The second kappa shape index (κ2) is 17.0. The zero-order valence-electron chi connectivity index (χ0n) is 28.6. The van der Waals surface area contributed by atoms with Gasteiger partial charge in [0.15, 0.2) is 0 Å². The maximum absolute atomic E-state index is 13.6. The second-order valence-corrected chi connectivity index (χ2v) is 14.0. The predicted octanol–water partition coefficient (Wildman–Crippen LogP) is 6.37. The average molecular weight is 727 g/mol. The highest BCUT2D eigenvalue weighted by Crippen LogP contribution is 2.38. The van der Waals surface area contributed by atoms with Crippen molar-refractivity contribution in [1.82, 2.24) is 10.2 Å². The molecule has 2 heterocycles. The normalized spacial score (nSPS) is 13.0. The number of hydrogen-bond acceptors (Lipinski definition) is 9. The summed E-state index contributed by atoms with van der Waals surface area (Å²) in [5, 5.41) is 8.30. The highest BCUT2D eigenvalue weighted by Gasteiger charge is 2.31. The molecule has 0 radical (unpaired) electrons. The number of hydrogen-bond donors (Lipinski definition) is 3. The smallest absolute Gasteiger partial charge is 0.341 e. The summed E-state index contributed by atoms with van der Waals surface area (Å²) in [4.78, 5) is 68.0. The molecular formula is C38H38N4O7S2. The molecule has 4 aromatic rings. The molecule has 13 heteroatoms. The summed E-state index contributed by atoms with van der Waals surface area (Å²) in [5.41, 5.74) is 2.68. The van der Waals surface area contributed by atoms with Crippen LogP contribution in [0.5, 0.6) is 5.75 Å². The standard InChI is InChI=1S/C38H38N4O7S2/c1-5-49-28-16-14-25(15-17-28)20-31(40-35(45)26-10-7-6-8-11-26)36(46)39-27-12-9-13-29(21-27)50-23(2)34(44)41-37-33(38(47)48-4)30-18-19-42(24(3)43)22-32(30)51-37/h6-17,20-21,23H,5,18-19,22H2,1-4H3,(H,39,46)(H,40,45)(H,41,44)/b31-20+. The predicted molar refractivity (Wildman–Crippen MR) is 199 cm³/mol. The zero-order valence-corrected chi connectivity index (χ0v) is 30.2. The first-order valence-corrected chi connectivity index (χ1v) is 17.9. The van der Waals surface area contributed by atoms with Gasteiger partial charge >= 0.3 is 5.97 Å². The number of methoxy groups -OCH3 is 1. The molecule has 51 heavy (non-hydrogen) atoms. The van der Waals surface area contributed by atoms with E-state index in [1.165, 1.54) is 37.1 Å². The summed E-state index contributed by atoms with van der Waals surface area (Å²) in [5.74, 6) is -1.22. The van der Waals surface area contributed by atoms with Gasteiger partial charge in [-0.05, 0) is 79.9 Å². The second-order valence-electron chi connectivity index (χ2n) is 11.5. The Morgan fingerprint density at radius 1 is 0.980 bits per heavy atom. The van der Waals surface area contributed by atoms with Crippen molar-refractivity contribution in [2.24, 2.45) is 0 Å². The lowest BCUT2D eigenvalue weighted by atomic mass is 10.0. The first kappa shape index (κ1) is 36.9. The molecular weight excluding hydrogens is 689 g/mol. The number of carbonyl (C=O) groups excluding carboxylic acids is 5. The first-order valence-electron chi connectivity index (χ1n) is 16.2. The molecule has 0 saturated heterocycles. The molecule has 3 N–H and O–H groups in total. The molecule has 0 bridgehead atoms. The molecule has 1 aliphatic heterocycles. The third-order valence-corrected chi connectivity index (χ3v) is 10.2. The van der Waals surface area contributed by atoms with Gasteiger partial charge in [-0.1, -0.05) is 36.4 Å². The van der Waals surface area contributed by atoms with E-state index in [-0.39, 0.29) is 17.5 Å². The van der Waals surface area contributed by atoms with Crippen LogP contribution in [0.15, 0.2) is 89.5 Å². The molecule has 5 rings (SSSR count). The van der Waals surface area contributed by atoms with Gasteiger partial charge in [0.05, 0.1) is 31.1 Å². The number of thioether (sulfide) groups is 1. The van der Waals surface area contributed by atoms with E-state index in [0.717, 1.165) is 10.4 Å². The fourth-order valence-corrected chi connectivity index (χ4v) is 7.51. The first-order chi connectivity index (χ1) is 24.6. The van der Waals surface area contributed by atoms with E-state index in [2.05, 4.69) is 16.0 Å². The average Bonchev–Trinajstić information content (AvgIpc) is 3.49. The van der Waals surface area contributed by atoms with Crippen LogP contribution in [0.2, 0.25) is 0 Å². The fourth-order valence-electron chi connectivity index (χ4n) is 5.33. The van der Waals surface area contributed by atoms with E-state index in [9.17, 15) is 24.0 Å². The van der Waals surface area contributed by atoms with Gasteiger partial charge in [-0.2, -0.15) is 0 Å². The fraction of sp³-hybridized carbons (Fsp3) is 0.237. The summed E-state index contributed by atoms with van der Waals surface area (Å²) >= 11 is 2.54. The number of esters is 1. The molecule has 1 unspecified atom stereocenters. The number of nitrogens with zero attached hydrogens (tertiary/aromatic N) is 1. The minimum Gasteiger partial charge on any atom is -0.494 e. The van der Waals surface area contributed by atoms with Crippen LogP contribution in [0.4, 0.5) is 10.7 Å². The van der Waals surface area contributed by atoms with Crippen molar-refractivity contribution < 1.29 is 33.4 Å². The highest BCUT2D eigenvalue weighted by molar-refractivity contribution is 8.00. The van der Waals surface area contributed by atoms with Crippen LogP contribution in [-0.4, -0.2) is 60.0 Å².